The Morgan fingerprint density at radius 3 is 2.83 bits per heavy atom. The highest BCUT2D eigenvalue weighted by atomic mass is 79.9. The van der Waals surface area contributed by atoms with E-state index in [4.69, 9.17) is 11.6 Å². The first-order chi connectivity index (χ1) is 5.65. The number of thiophene rings is 1. The molecule has 1 rings (SSSR count). The highest BCUT2D eigenvalue weighted by molar-refractivity contribution is 9.11. The molecule has 0 amide bonds. The van der Waals surface area contributed by atoms with Crippen LogP contribution in [0.2, 0.25) is 0 Å². The van der Waals surface area contributed by atoms with Crippen molar-refractivity contribution < 1.29 is 9.53 Å². The van der Waals surface area contributed by atoms with E-state index < -0.39 is 11.3 Å². The third-order valence-corrected chi connectivity index (χ3v) is 3.48. The third kappa shape index (κ3) is 2.21. The van der Waals surface area contributed by atoms with Crippen LogP contribution in [0.1, 0.15) is 10.3 Å². The lowest BCUT2D eigenvalue weighted by Crippen LogP contribution is -2.06. The predicted molar refractivity (Wildman–Crippen MR) is 52.6 cm³/mol. The Morgan fingerprint density at radius 2 is 2.42 bits per heavy atom. The summed E-state index contributed by atoms with van der Waals surface area (Å²) >= 11 is 10.5. The number of carbonyl (C=O) groups excluding carboxylic acids is 1. The number of methoxy groups -OCH3 is 1. The van der Waals surface area contributed by atoms with Crippen LogP contribution in [-0.4, -0.2) is 13.1 Å². The van der Waals surface area contributed by atoms with Gasteiger partial charge in [-0.15, -0.1) is 22.9 Å². The molecule has 0 spiro atoms. The predicted octanol–water partition coefficient (Wildman–Crippen LogP) is 2.96. The van der Waals surface area contributed by atoms with Crippen LogP contribution in [-0.2, 0) is 9.53 Å². The Kier molecular flexibility index (Phi) is 3.55. The first-order valence-electron chi connectivity index (χ1n) is 3.12. The first-order valence-corrected chi connectivity index (χ1v) is 5.17. The molecule has 0 N–H and O–H groups in total. The molecule has 0 aliphatic rings. The van der Waals surface area contributed by atoms with Gasteiger partial charge in [0.15, 0.2) is 5.38 Å². The highest BCUT2D eigenvalue weighted by Gasteiger charge is 2.19. The van der Waals surface area contributed by atoms with E-state index in [-0.39, 0.29) is 0 Å². The summed E-state index contributed by atoms with van der Waals surface area (Å²) in [6.45, 7) is 0. The average molecular weight is 270 g/mol. The van der Waals surface area contributed by atoms with Crippen LogP contribution in [0.5, 0.6) is 0 Å². The minimum absolute atomic E-state index is 0.425. The summed E-state index contributed by atoms with van der Waals surface area (Å²) in [5, 5.41) is -0.689. The molecule has 1 aromatic rings. The van der Waals surface area contributed by atoms with Crippen LogP contribution in [0.4, 0.5) is 0 Å². The molecule has 12 heavy (non-hydrogen) atoms. The minimum atomic E-state index is -0.689. The van der Waals surface area contributed by atoms with E-state index in [1.807, 2.05) is 6.07 Å². The molecule has 0 aromatic carbocycles. The van der Waals surface area contributed by atoms with E-state index in [0.717, 1.165) is 8.66 Å². The number of alkyl halides is 1. The maximum absolute atomic E-state index is 11.0. The summed E-state index contributed by atoms with van der Waals surface area (Å²) in [4.78, 5) is 11.7. The quantitative estimate of drug-likeness (QED) is 0.609. The fourth-order valence-electron chi connectivity index (χ4n) is 0.684. The van der Waals surface area contributed by atoms with Crippen LogP contribution < -0.4 is 0 Å². The molecule has 1 heterocycles. The fourth-order valence-corrected chi connectivity index (χ4v) is 2.37. The lowest BCUT2D eigenvalue weighted by atomic mass is 10.3. The van der Waals surface area contributed by atoms with Crippen molar-refractivity contribution in [1.29, 1.82) is 0 Å². The van der Waals surface area contributed by atoms with Gasteiger partial charge in [-0.25, -0.2) is 0 Å². The fraction of sp³-hybridized carbons (Fsp3) is 0.286. The minimum Gasteiger partial charge on any atom is -0.468 e. The highest BCUT2D eigenvalue weighted by Crippen LogP contribution is 2.31. The van der Waals surface area contributed by atoms with E-state index in [1.54, 1.807) is 6.07 Å². The maximum Gasteiger partial charge on any atom is 0.329 e. The first kappa shape index (κ1) is 10.0. The molecule has 0 bridgehead atoms. The zero-order valence-corrected chi connectivity index (χ0v) is 9.37. The normalized spacial score (nSPS) is 12.6. The van der Waals surface area contributed by atoms with Crippen molar-refractivity contribution in [2.45, 2.75) is 5.38 Å². The van der Waals surface area contributed by atoms with Crippen molar-refractivity contribution in [2.24, 2.45) is 0 Å². The topological polar surface area (TPSA) is 26.3 Å². The van der Waals surface area contributed by atoms with Gasteiger partial charge >= 0.3 is 5.97 Å². The average Bonchev–Trinajstić information content (AvgIpc) is 2.49. The summed E-state index contributed by atoms with van der Waals surface area (Å²) < 4.78 is 5.45. The zero-order valence-electron chi connectivity index (χ0n) is 6.21. The molecule has 0 saturated carbocycles. The summed E-state index contributed by atoms with van der Waals surface area (Å²) in [6, 6.07) is 3.64. The second kappa shape index (κ2) is 4.25. The van der Waals surface area contributed by atoms with Crippen molar-refractivity contribution >= 4 is 44.8 Å². The van der Waals surface area contributed by atoms with Crippen LogP contribution in [0, 0.1) is 0 Å². The molecule has 1 unspecified atom stereocenters. The van der Waals surface area contributed by atoms with Crippen LogP contribution >= 0.6 is 38.9 Å². The number of halogens is 2. The molecule has 1 atom stereocenters. The zero-order chi connectivity index (χ0) is 9.14. The molecule has 1 aromatic heterocycles. The summed E-state index contributed by atoms with van der Waals surface area (Å²) in [6.07, 6.45) is 0. The number of rotatable bonds is 2. The van der Waals surface area contributed by atoms with Gasteiger partial charge in [0.25, 0.3) is 0 Å². The summed E-state index contributed by atoms with van der Waals surface area (Å²) in [5.41, 5.74) is 0. The number of hydrogen-bond acceptors (Lipinski definition) is 3. The van der Waals surface area contributed by atoms with Gasteiger partial charge < -0.3 is 4.74 Å². The summed E-state index contributed by atoms with van der Waals surface area (Å²) in [7, 11) is 1.32. The van der Waals surface area contributed by atoms with E-state index >= 15 is 0 Å². The smallest absolute Gasteiger partial charge is 0.329 e. The Hall–Kier alpha value is -0.0600. The van der Waals surface area contributed by atoms with Crippen molar-refractivity contribution in [2.75, 3.05) is 7.11 Å². The van der Waals surface area contributed by atoms with Gasteiger partial charge in [0.2, 0.25) is 0 Å². The molecule has 0 aliphatic heterocycles. The van der Waals surface area contributed by atoms with Gasteiger partial charge in [0.05, 0.1) is 10.9 Å². The van der Waals surface area contributed by atoms with Crippen molar-refractivity contribution in [3.63, 3.8) is 0 Å². The van der Waals surface area contributed by atoms with Crippen molar-refractivity contribution in [1.82, 2.24) is 0 Å². The number of carbonyl (C=O) groups is 1. The molecule has 0 fully saturated rings. The van der Waals surface area contributed by atoms with Gasteiger partial charge in [0, 0.05) is 4.88 Å². The number of ether oxygens (including phenoxy) is 1. The molecule has 2 nitrogen and oxygen atoms in total. The van der Waals surface area contributed by atoms with Crippen molar-refractivity contribution in [3.8, 4) is 0 Å². The number of esters is 1. The number of hydrogen-bond donors (Lipinski definition) is 0. The van der Waals surface area contributed by atoms with Crippen LogP contribution in [0.3, 0.4) is 0 Å². The molecule has 0 saturated heterocycles. The van der Waals surface area contributed by atoms with E-state index in [2.05, 4.69) is 20.7 Å². The molecule has 5 heteroatoms. The Balaban J connectivity index is 2.77. The summed E-state index contributed by atoms with van der Waals surface area (Å²) in [5.74, 6) is -0.425. The lowest BCUT2D eigenvalue weighted by molar-refractivity contribution is -0.140. The van der Waals surface area contributed by atoms with E-state index in [1.165, 1.54) is 18.4 Å². The maximum atomic E-state index is 11.0. The van der Waals surface area contributed by atoms with Gasteiger partial charge in [-0.1, -0.05) is 0 Å². The third-order valence-electron chi connectivity index (χ3n) is 1.25. The van der Waals surface area contributed by atoms with Crippen LogP contribution in [0.15, 0.2) is 15.9 Å². The standard InChI is InChI=1S/C7H6BrClO2S/c1-11-7(10)6(9)4-2-3-5(8)12-4/h2-3,6H,1H3. The lowest BCUT2D eigenvalue weighted by Gasteiger charge is -2.02. The molecule has 66 valence electrons. The Bertz CT molecular complexity index is 287. The molecule has 0 aliphatic carbocycles. The van der Waals surface area contributed by atoms with Crippen LogP contribution in [0.25, 0.3) is 0 Å². The molecule has 0 radical (unpaired) electrons. The monoisotopic (exact) mass is 268 g/mol. The SMILES string of the molecule is COC(=O)C(Cl)c1ccc(Br)s1. The van der Waals surface area contributed by atoms with Gasteiger partial charge in [-0.05, 0) is 28.1 Å². The Morgan fingerprint density at radius 1 is 1.75 bits per heavy atom. The van der Waals surface area contributed by atoms with Crippen molar-refractivity contribution in [3.05, 3.63) is 20.8 Å². The van der Waals surface area contributed by atoms with Gasteiger partial charge in [-0.2, -0.15) is 0 Å². The largest absolute Gasteiger partial charge is 0.468 e. The second-order valence-corrected chi connectivity index (χ2v) is 4.96. The Labute approximate surface area is 87.6 Å². The van der Waals surface area contributed by atoms with E-state index in [0.29, 0.717) is 0 Å². The van der Waals surface area contributed by atoms with Gasteiger partial charge in [0.1, 0.15) is 0 Å². The van der Waals surface area contributed by atoms with Gasteiger partial charge in [-0.3, -0.25) is 4.79 Å². The van der Waals surface area contributed by atoms with E-state index in [9.17, 15) is 4.79 Å². The molecular formula is C7H6BrClO2S. The second-order valence-electron chi connectivity index (χ2n) is 2.03. The molecular weight excluding hydrogens is 263 g/mol.